The fourth-order valence-corrected chi connectivity index (χ4v) is 1.93. The third-order valence-corrected chi connectivity index (χ3v) is 2.94. The molecule has 5 nitrogen and oxygen atoms in total. The fourth-order valence-electron chi connectivity index (χ4n) is 1.67. The van der Waals surface area contributed by atoms with Gasteiger partial charge < -0.3 is 9.64 Å². The largest absolute Gasteiger partial charge is 0.361 e. The number of nitro groups is 1. The number of hydrogen-bond donors (Lipinski definition) is 1. The normalized spacial score (nSPS) is 24.7. The van der Waals surface area contributed by atoms with Gasteiger partial charge in [-0.25, -0.2) is 4.39 Å². The van der Waals surface area contributed by atoms with Gasteiger partial charge in [-0.05, 0) is 12.1 Å². The average molecular weight is 258 g/mol. The van der Waals surface area contributed by atoms with Crippen molar-refractivity contribution in [2.75, 3.05) is 18.1 Å². The van der Waals surface area contributed by atoms with Crippen molar-refractivity contribution in [3.63, 3.8) is 0 Å². The van der Waals surface area contributed by atoms with Gasteiger partial charge in [-0.2, -0.15) is 0 Å². The van der Waals surface area contributed by atoms with Crippen molar-refractivity contribution in [1.82, 2.24) is 0 Å². The van der Waals surface area contributed by atoms with Crippen LogP contribution < -0.4 is 4.90 Å². The van der Waals surface area contributed by atoms with Crippen LogP contribution in [0.2, 0.25) is 0 Å². The summed E-state index contributed by atoms with van der Waals surface area (Å²) in [6, 6.07) is 5.75. The van der Waals surface area contributed by atoms with Crippen molar-refractivity contribution < 1.29 is 14.1 Å². The van der Waals surface area contributed by atoms with Crippen LogP contribution >= 0.6 is 12.6 Å². The van der Waals surface area contributed by atoms with Crippen molar-refractivity contribution in [2.24, 2.45) is 0 Å². The van der Waals surface area contributed by atoms with Crippen LogP contribution in [0.25, 0.3) is 0 Å². The Morgan fingerprint density at radius 2 is 2.12 bits per heavy atom. The second kappa shape index (κ2) is 4.89. The summed E-state index contributed by atoms with van der Waals surface area (Å²) in [5.41, 5.74) is -0.218. The van der Waals surface area contributed by atoms with E-state index in [-0.39, 0.29) is 5.69 Å². The molecular weight excluding hydrogens is 247 g/mol. The number of anilines is 1. The molecule has 1 saturated heterocycles. The molecule has 1 aliphatic rings. The molecule has 0 radical (unpaired) electrons. The van der Waals surface area contributed by atoms with E-state index in [1.54, 1.807) is 0 Å². The Bertz CT molecular complexity index is 415. The molecule has 17 heavy (non-hydrogen) atoms. The van der Waals surface area contributed by atoms with Gasteiger partial charge in [0.1, 0.15) is 5.44 Å². The number of nitro benzene ring substituents is 1. The average Bonchev–Trinajstić information content (AvgIpc) is 2.33. The number of benzene rings is 1. The molecule has 2 atom stereocenters. The predicted octanol–water partition coefficient (Wildman–Crippen LogP) is 1.98. The first kappa shape index (κ1) is 12.1. The number of morpholine rings is 1. The summed E-state index contributed by atoms with van der Waals surface area (Å²) < 4.78 is 18.8. The summed E-state index contributed by atoms with van der Waals surface area (Å²) in [6.07, 6.45) is -1.35. The minimum atomic E-state index is -1.35. The number of halogens is 1. The van der Waals surface area contributed by atoms with Crippen LogP contribution in [0.5, 0.6) is 0 Å². The van der Waals surface area contributed by atoms with Gasteiger partial charge in [0.05, 0.1) is 11.5 Å². The van der Waals surface area contributed by atoms with Gasteiger partial charge >= 0.3 is 0 Å². The number of nitrogens with zero attached hydrogens (tertiary/aromatic N) is 2. The zero-order valence-corrected chi connectivity index (χ0v) is 9.72. The molecule has 1 heterocycles. The number of alkyl halides is 1. The van der Waals surface area contributed by atoms with E-state index in [9.17, 15) is 14.5 Å². The van der Waals surface area contributed by atoms with E-state index in [1.165, 1.54) is 29.2 Å². The van der Waals surface area contributed by atoms with Gasteiger partial charge in [-0.1, -0.05) is 0 Å². The summed E-state index contributed by atoms with van der Waals surface area (Å²) in [5.74, 6) is 0. The summed E-state index contributed by atoms with van der Waals surface area (Å²) in [7, 11) is 0. The van der Waals surface area contributed by atoms with E-state index in [0.717, 1.165) is 0 Å². The van der Waals surface area contributed by atoms with E-state index in [2.05, 4.69) is 12.6 Å². The summed E-state index contributed by atoms with van der Waals surface area (Å²) in [6.45, 7) is 0.779. The monoisotopic (exact) mass is 258 g/mol. The molecule has 1 fully saturated rings. The van der Waals surface area contributed by atoms with Crippen LogP contribution in [0.1, 0.15) is 0 Å². The van der Waals surface area contributed by atoms with Crippen molar-refractivity contribution in [3.8, 4) is 0 Å². The summed E-state index contributed by atoms with van der Waals surface area (Å²) in [5, 5.41) is 10.5. The molecule has 0 aromatic heterocycles. The van der Waals surface area contributed by atoms with E-state index < -0.39 is 16.7 Å². The number of rotatable bonds is 2. The van der Waals surface area contributed by atoms with E-state index in [0.29, 0.717) is 18.8 Å². The molecule has 0 amide bonds. The van der Waals surface area contributed by atoms with Gasteiger partial charge in [-0.15, -0.1) is 12.6 Å². The van der Waals surface area contributed by atoms with Crippen LogP contribution in [-0.4, -0.2) is 29.8 Å². The quantitative estimate of drug-likeness (QED) is 0.381. The molecule has 92 valence electrons. The lowest BCUT2D eigenvalue weighted by Crippen LogP contribution is -2.46. The Balaban J connectivity index is 2.19. The Labute approximate surface area is 103 Å². The molecule has 2 rings (SSSR count). The SMILES string of the molecule is O=[N+]([O-])c1ccc(N2CCOC(S)C2F)cc1. The Morgan fingerprint density at radius 1 is 1.47 bits per heavy atom. The lowest BCUT2D eigenvalue weighted by Gasteiger charge is -2.35. The van der Waals surface area contributed by atoms with Crippen molar-refractivity contribution in [2.45, 2.75) is 11.7 Å². The molecule has 7 heteroatoms. The van der Waals surface area contributed by atoms with Gasteiger partial charge in [-0.3, -0.25) is 10.1 Å². The second-order valence-corrected chi connectivity index (χ2v) is 4.11. The molecule has 1 aliphatic heterocycles. The van der Waals surface area contributed by atoms with Crippen LogP contribution in [0.15, 0.2) is 24.3 Å². The zero-order chi connectivity index (χ0) is 12.4. The number of hydrogen-bond acceptors (Lipinski definition) is 5. The number of non-ortho nitro benzene ring substituents is 1. The molecule has 0 aliphatic carbocycles. The van der Waals surface area contributed by atoms with E-state index in [1.807, 2.05) is 0 Å². The van der Waals surface area contributed by atoms with Gasteiger partial charge in [0, 0.05) is 24.4 Å². The van der Waals surface area contributed by atoms with Crippen LogP contribution in [-0.2, 0) is 4.74 Å². The van der Waals surface area contributed by atoms with Crippen LogP contribution in [0.4, 0.5) is 15.8 Å². The van der Waals surface area contributed by atoms with Crippen molar-refractivity contribution in [3.05, 3.63) is 34.4 Å². The standard InChI is InChI=1S/C10H11FN2O3S/c11-9-10(17)16-6-5-12(9)7-1-3-8(4-2-7)13(14)15/h1-4,9-10,17H,5-6H2. The van der Waals surface area contributed by atoms with Gasteiger partial charge in [0.15, 0.2) is 0 Å². The highest BCUT2D eigenvalue weighted by molar-refractivity contribution is 7.80. The van der Waals surface area contributed by atoms with Crippen LogP contribution in [0, 0.1) is 10.1 Å². The molecule has 1 aromatic rings. The van der Waals surface area contributed by atoms with Crippen LogP contribution in [0.3, 0.4) is 0 Å². The van der Waals surface area contributed by atoms with E-state index >= 15 is 0 Å². The maximum Gasteiger partial charge on any atom is 0.269 e. The first-order valence-electron chi connectivity index (χ1n) is 5.04. The Hall–Kier alpha value is -1.34. The summed E-state index contributed by atoms with van der Waals surface area (Å²) in [4.78, 5) is 11.5. The molecule has 0 saturated carbocycles. The maximum atomic E-state index is 13.8. The Morgan fingerprint density at radius 3 is 2.71 bits per heavy atom. The minimum Gasteiger partial charge on any atom is -0.361 e. The second-order valence-electron chi connectivity index (χ2n) is 3.60. The van der Waals surface area contributed by atoms with Crippen molar-refractivity contribution >= 4 is 24.0 Å². The van der Waals surface area contributed by atoms with Crippen molar-refractivity contribution in [1.29, 1.82) is 0 Å². The molecule has 0 N–H and O–H groups in total. The summed E-state index contributed by atoms with van der Waals surface area (Å²) >= 11 is 3.97. The molecular formula is C10H11FN2O3S. The molecule has 2 unspecified atom stereocenters. The third-order valence-electron chi connectivity index (χ3n) is 2.55. The molecule has 0 spiro atoms. The highest BCUT2D eigenvalue weighted by Gasteiger charge is 2.30. The third kappa shape index (κ3) is 2.50. The zero-order valence-electron chi connectivity index (χ0n) is 8.82. The predicted molar refractivity (Wildman–Crippen MR) is 64.1 cm³/mol. The Kier molecular flexibility index (Phi) is 3.49. The van der Waals surface area contributed by atoms with Gasteiger partial charge in [0.2, 0.25) is 6.30 Å². The lowest BCUT2D eigenvalue weighted by atomic mass is 10.2. The minimum absolute atomic E-state index is 0.0140. The van der Waals surface area contributed by atoms with E-state index in [4.69, 9.17) is 4.74 Å². The number of thiol groups is 1. The smallest absolute Gasteiger partial charge is 0.269 e. The topological polar surface area (TPSA) is 55.6 Å². The first-order valence-corrected chi connectivity index (χ1v) is 5.56. The van der Waals surface area contributed by atoms with Gasteiger partial charge in [0.25, 0.3) is 5.69 Å². The molecule has 1 aromatic carbocycles. The first-order chi connectivity index (χ1) is 8.09. The highest BCUT2D eigenvalue weighted by atomic mass is 32.1. The lowest BCUT2D eigenvalue weighted by molar-refractivity contribution is -0.384. The number of ether oxygens (including phenoxy) is 1. The maximum absolute atomic E-state index is 13.8. The molecule has 0 bridgehead atoms. The highest BCUT2D eigenvalue weighted by Crippen LogP contribution is 2.26. The fraction of sp³-hybridized carbons (Fsp3) is 0.400.